The van der Waals surface area contributed by atoms with E-state index in [-0.39, 0.29) is 11.7 Å². The standard InChI is InChI=1S/C8H10N4O.C2H4O2/c9-8(10)12-11-5-6-3-1-2-4-7(6)13;1-2(3)4/h1-5,13H,(H4,9,10,12);1H3,(H,3,4)/b11-5+;. The van der Waals surface area contributed by atoms with Crippen molar-refractivity contribution in [2.75, 3.05) is 0 Å². The van der Waals surface area contributed by atoms with Gasteiger partial charge >= 0.3 is 0 Å². The summed E-state index contributed by atoms with van der Waals surface area (Å²) >= 11 is 0. The Labute approximate surface area is 98.1 Å². The number of carboxylic acid groups (broad SMARTS) is 1. The van der Waals surface area contributed by atoms with Crippen molar-refractivity contribution in [3.63, 3.8) is 0 Å². The summed E-state index contributed by atoms with van der Waals surface area (Å²) in [5, 5.41) is 23.6. The summed E-state index contributed by atoms with van der Waals surface area (Å²) in [6.07, 6.45) is 1.37. The fraction of sp³-hybridized carbons (Fsp3) is 0.100. The van der Waals surface area contributed by atoms with E-state index in [1.807, 2.05) is 0 Å². The van der Waals surface area contributed by atoms with Gasteiger partial charge in [-0.25, -0.2) is 0 Å². The van der Waals surface area contributed by atoms with E-state index >= 15 is 0 Å². The molecule has 0 saturated carbocycles. The van der Waals surface area contributed by atoms with E-state index in [4.69, 9.17) is 21.4 Å². The van der Waals surface area contributed by atoms with Crippen LogP contribution in [0.15, 0.2) is 34.5 Å². The highest BCUT2D eigenvalue weighted by atomic mass is 16.4. The van der Waals surface area contributed by atoms with Crippen molar-refractivity contribution in [3.05, 3.63) is 29.8 Å². The second-order valence-electron chi connectivity index (χ2n) is 2.85. The quantitative estimate of drug-likeness (QED) is 0.329. The van der Waals surface area contributed by atoms with Crippen molar-refractivity contribution in [1.29, 1.82) is 0 Å². The van der Waals surface area contributed by atoms with E-state index in [0.29, 0.717) is 5.56 Å². The molecule has 1 rings (SSSR count). The zero-order chi connectivity index (χ0) is 13.3. The molecule has 7 heteroatoms. The Morgan fingerprint density at radius 1 is 1.35 bits per heavy atom. The van der Waals surface area contributed by atoms with Crippen molar-refractivity contribution in [2.45, 2.75) is 6.92 Å². The third kappa shape index (κ3) is 8.43. The molecule has 0 heterocycles. The monoisotopic (exact) mass is 238 g/mol. The molecule has 0 aliphatic heterocycles. The minimum atomic E-state index is -0.833. The molecule has 0 saturated heterocycles. The van der Waals surface area contributed by atoms with Crippen molar-refractivity contribution in [1.82, 2.24) is 0 Å². The minimum absolute atomic E-state index is 0.119. The third-order valence-corrected chi connectivity index (χ3v) is 1.31. The van der Waals surface area contributed by atoms with Gasteiger partial charge in [0.15, 0.2) is 0 Å². The molecular weight excluding hydrogens is 224 g/mol. The van der Waals surface area contributed by atoms with Crippen molar-refractivity contribution in [2.24, 2.45) is 21.7 Å². The van der Waals surface area contributed by atoms with Crippen molar-refractivity contribution < 1.29 is 15.0 Å². The van der Waals surface area contributed by atoms with Gasteiger partial charge in [-0.1, -0.05) is 12.1 Å². The van der Waals surface area contributed by atoms with E-state index in [2.05, 4.69) is 10.2 Å². The van der Waals surface area contributed by atoms with Crippen LogP contribution in [-0.4, -0.2) is 28.4 Å². The first-order valence-corrected chi connectivity index (χ1v) is 4.53. The Hall–Kier alpha value is -2.57. The number of phenols is 1. The smallest absolute Gasteiger partial charge is 0.300 e. The predicted octanol–water partition coefficient (Wildman–Crippen LogP) is 0.0904. The van der Waals surface area contributed by atoms with Crippen LogP contribution in [0.2, 0.25) is 0 Å². The van der Waals surface area contributed by atoms with Crippen molar-refractivity contribution >= 4 is 18.1 Å². The SMILES string of the molecule is CC(=O)O.NC(N)=N/N=C/c1ccccc1O. The number of carboxylic acids is 1. The Morgan fingerprint density at radius 3 is 2.35 bits per heavy atom. The molecule has 0 amide bonds. The van der Waals surface area contributed by atoms with Crippen LogP contribution >= 0.6 is 0 Å². The van der Waals surface area contributed by atoms with Gasteiger partial charge < -0.3 is 21.7 Å². The summed E-state index contributed by atoms with van der Waals surface area (Å²) in [5.74, 6) is -0.816. The van der Waals surface area contributed by atoms with Gasteiger partial charge in [-0.05, 0) is 12.1 Å². The first-order chi connectivity index (χ1) is 7.93. The number of hydrogen-bond acceptors (Lipinski definition) is 4. The van der Waals surface area contributed by atoms with Crippen molar-refractivity contribution in [3.8, 4) is 5.75 Å². The van der Waals surface area contributed by atoms with Gasteiger partial charge in [-0.3, -0.25) is 4.79 Å². The minimum Gasteiger partial charge on any atom is -0.507 e. The molecule has 0 atom stereocenters. The van der Waals surface area contributed by atoms with Gasteiger partial charge in [-0.15, -0.1) is 5.10 Å². The molecule has 1 aromatic carbocycles. The predicted molar refractivity (Wildman–Crippen MR) is 64.8 cm³/mol. The third-order valence-electron chi connectivity index (χ3n) is 1.31. The molecular formula is C10H14N4O3. The topological polar surface area (TPSA) is 134 Å². The number of aliphatic carboxylic acids is 1. The van der Waals surface area contributed by atoms with E-state index in [0.717, 1.165) is 6.92 Å². The number of para-hydroxylation sites is 1. The number of hydrogen-bond donors (Lipinski definition) is 4. The number of rotatable bonds is 2. The molecule has 0 bridgehead atoms. The second-order valence-corrected chi connectivity index (χ2v) is 2.85. The van der Waals surface area contributed by atoms with Crippen LogP contribution in [0, 0.1) is 0 Å². The molecule has 92 valence electrons. The molecule has 0 unspecified atom stereocenters. The van der Waals surface area contributed by atoms with E-state index in [1.165, 1.54) is 6.21 Å². The van der Waals surface area contributed by atoms with Crippen LogP contribution in [0.5, 0.6) is 5.75 Å². The zero-order valence-electron chi connectivity index (χ0n) is 9.24. The number of aromatic hydroxyl groups is 1. The molecule has 0 aliphatic rings. The van der Waals surface area contributed by atoms with Gasteiger partial charge in [0.1, 0.15) is 5.75 Å². The molecule has 0 aliphatic carbocycles. The average molecular weight is 238 g/mol. The van der Waals surface area contributed by atoms with Gasteiger partial charge in [0.05, 0.1) is 6.21 Å². The number of nitrogens with zero attached hydrogens (tertiary/aromatic N) is 2. The number of guanidine groups is 1. The lowest BCUT2D eigenvalue weighted by Gasteiger charge is -1.94. The number of carbonyl (C=O) groups is 1. The molecule has 6 N–H and O–H groups in total. The Bertz CT molecular complexity index is 421. The van der Waals surface area contributed by atoms with Gasteiger partial charge in [-0.2, -0.15) is 5.10 Å². The molecule has 0 aromatic heterocycles. The lowest BCUT2D eigenvalue weighted by atomic mass is 10.2. The van der Waals surface area contributed by atoms with Crippen LogP contribution in [0.25, 0.3) is 0 Å². The van der Waals surface area contributed by atoms with E-state index in [9.17, 15) is 5.11 Å². The highest BCUT2D eigenvalue weighted by Crippen LogP contribution is 2.12. The van der Waals surface area contributed by atoms with Crippen LogP contribution in [-0.2, 0) is 4.79 Å². The summed E-state index contributed by atoms with van der Waals surface area (Å²) in [4.78, 5) is 9.00. The van der Waals surface area contributed by atoms with Gasteiger partial charge in [0.2, 0.25) is 5.96 Å². The number of benzene rings is 1. The first kappa shape index (κ1) is 14.4. The Kier molecular flexibility index (Phi) is 6.52. The maximum atomic E-state index is 9.27. The van der Waals surface area contributed by atoms with Crippen LogP contribution in [0.3, 0.4) is 0 Å². The molecule has 0 fully saturated rings. The number of phenolic OH excluding ortho intramolecular Hbond substituents is 1. The highest BCUT2D eigenvalue weighted by molar-refractivity contribution is 5.84. The fourth-order valence-electron chi connectivity index (χ4n) is 0.754. The second kappa shape index (κ2) is 7.69. The maximum Gasteiger partial charge on any atom is 0.300 e. The van der Waals surface area contributed by atoms with Gasteiger partial charge in [0, 0.05) is 12.5 Å². The van der Waals surface area contributed by atoms with Crippen LogP contribution in [0.4, 0.5) is 0 Å². The highest BCUT2D eigenvalue weighted by Gasteiger charge is 1.93. The normalized spacial score (nSPS) is 9.24. The lowest BCUT2D eigenvalue weighted by molar-refractivity contribution is -0.134. The average Bonchev–Trinajstić information content (AvgIpc) is 2.19. The fourth-order valence-corrected chi connectivity index (χ4v) is 0.754. The first-order valence-electron chi connectivity index (χ1n) is 4.53. The largest absolute Gasteiger partial charge is 0.507 e. The Morgan fingerprint density at radius 2 is 1.88 bits per heavy atom. The summed E-state index contributed by atoms with van der Waals surface area (Å²) < 4.78 is 0. The van der Waals surface area contributed by atoms with E-state index in [1.54, 1.807) is 24.3 Å². The van der Waals surface area contributed by atoms with Gasteiger partial charge in [0.25, 0.3) is 5.97 Å². The molecule has 0 spiro atoms. The summed E-state index contributed by atoms with van der Waals surface area (Å²) in [6.45, 7) is 1.08. The maximum absolute atomic E-state index is 9.27. The zero-order valence-corrected chi connectivity index (χ0v) is 9.24. The summed E-state index contributed by atoms with van der Waals surface area (Å²) in [5.41, 5.74) is 10.7. The lowest BCUT2D eigenvalue weighted by Crippen LogP contribution is -2.21. The van der Waals surface area contributed by atoms with Crippen LogP contribution in [0.1, 0.15) is 12.5 Å². The molecule has 1 aromatic rings. The van der Waals surface area contributed by atoms with Crippen LogP contribution < -0.4 is 11.5 Å². The summed E-state index contributed by atoms with van der Waals surface area (Å²) in [7, 11) is 0. The summed E-state index contributed by atoms with van der Waals surface area (Å²) in [6, 6.07) is 6.74. The number of nitrogens with two attached hydrogens (primary N) is 2. The molecule has 7 nitrogen and oxygen atoms in total. The molecule has 0 radical (unpaired) electrons. The van der Waals surface area contributed by atoms with E-state index < -0.39 is 5.97 Å². The molecule has 17 heavy (non-hydrogen) atoms. The Balaban J connectivity index is 0.000000557.